The Morgan fingerprint density at radius 1 is 1.56 bits per heavy atom. The Hall–Kier alpha value is -1.06. The van der Waals surface area contributed by atoms with Crippen molar-refractivity contribution in [3.63, 3.8) is 0 Å². The van der Waals surface area contributed by atoms with E-state index in [0.29, 0.717) is 6.61 Å². The van der Waals surface area contributed by atoms with Gasteiger partial charge < -0.3 is 15.6 Å². The van der Waals surface area contributed by atoms with Gasteiger partial charge in [0.2, 0.25) is 0 Å². The number of fused-ring (bicyclic) bond motifs is 1. The van der Waals surface area contributed by atoms with E-state index in [-0.39, 0.29) is 18.6 Å². The number of benzene rings is 1. The van der Waals surface area contributed by atoms with Gasteiger partial charge in [0.15, 0.2) is 0 Å². The summed E-state index contributed by atoms with van der Waals surface area (Å²) in [5.74, 6) is 1.06. The molecule has 16 heavy (non-hydrogen) atoms. The molecule has 0 radical (unpaired) electrons. The summed E-state index contributed by atoms with van der Waals surface area (Å²) in [6, 6.07) is 6.30. The van der Waals surface area contributed by atoms with Crippen molar-refractivity contribution in [2.24, 2.45) is 11.7 Å². The van der Waals surface area contributed by atoms with Crippen LogP contribution in [-0.2, 0) is 6.42 Å². The van der Waals surface area contributed by atoms with E-state index < -0.39 is 0 Å². The fraction of sp³-hybridized carbons (Fsp3) is 0.538. The van der Waals surface area contributed by atoms with Crippen LogP contribution in [0.5, 0.6) is 5.75 Å². The van der Waals surface area contributed by atoms with Crippen molar-refractivity contribution in [2.45, 2.75) is 25.8 Å². The molecule has 0 saturated heterocycles. The van der Waals surface area contributed by atoms with E-state index in [9.17, 15) is 0 Å². The molecule has 0 saturated carbocycles. The van der Waals surface area contributed by atoms with E-state index in [1.807, 2.05) is 13.0 Å². The van der Waals surface area contributed by atoms with Crippen LogP contribution in [0.15, 0.2) is 18.2 Å². The Morgan fingerprint density at radius 2 is 2.38 bits per heavy atom. The zero-order valence-electron chi connectivity index (χ0n) is 9.65. The SMILES string of the molecule is CC(CO)COc1ccc2c(c1)CCC2N. The topological polar surface area (TPSA) is 55.5 Å². The first kappa shape index (κ1) is 11.4. The van der Waals surface area contributed by atoms with E-state index >= 15 is 0 Å². The highest BCUT2D eigenvalue weighted by Gasteiger charge is 2.19. The third-order valence-electron chi connectivity index (χ3n) is 3.08. The quantitative estimate of drug-likeness (QED) is 0.812. The summed E-state index contributed by atoms with van der Waals surface area (Å²) in [5, 5.41) is 8.91. The molecule has 0 aromatic heterocycles. The van der Waals surface area contributed by atoms with Gasteiger partial charge in [0, 0.05) is 18.6 Å². The fourth-order valence-corrected chi connectivity index (χ4v) is 2.01. The van der Waals surface area contributed by atoms with Crippen molar-refractivity contribution in [2.75, 3.05) is 13.2 Å². The van der Waals surface area contributed by atoms with E-state index in [2.05, 4.69) is 12.1 Å². The second kappa shape index (κ2) is 4.85. The molecule has 3 heteroatoms. The monoisotopic (exact) mass is 221 g/mol. The number of aliphatic hydroxyl groups is 1. The van der Waals surface area contributed by atoms with E-state index in [4.69, 9.17) is 15.6 Å². The van der Waals surface area contributed by atoms with Gasteiger partial charge in [-0.1, -0.05) is 13.0 Å². The summed E-state index contributed by atoms with van der Waals surface area (Å²) in [6.45, 7) is 2.68. The average Bonchev–Trinajstić information content (AvgIpc) is 2.67. The van der Waals surface area contributed by atoms with Crippen LogP contribution >= 0.6 is 0 Å². The van der Waals surface area contributed by atoms with Gasteiger partial charge in [-0.2, -0.15) is 0 Å². The largest absolute Gasteiger partial charge is 0.493 e. The molecule has 2 unspecified atom stereocenters. The molecule has 1 aromatic carbocycles. The molecule has 3 N–H and O–H groups in total. The molecule has 0 spiro atoms. The number of aliphatic hydroxyl groups excluding tert-OH is 1. The third-order valence-corrected chi connectivity index (χ3v) is 3.08. The Kier molecular flexibility index (Phi) is 3.46. The van der Waals surface area contributed by atoms with Crippen LogP contribution in [0, 0.1) is 5.92 Å². The van der Waals surface area contributed by atoms with Crippen LogP contribution in [0.2, 0.25) is 0 Å². The Morgan fingerprint density at radius 3 is 3.12 bits per heavy atom. The first-order valence-electron chi connectivity index (χ1n) is 5.82. The molecule has 1 aliphatic rings. The molecular weight excluding hydrogens is 202 g/mol. The lowest BCUT2D eigenvalue weighted by molar-refractivity contribution is 0.174. The lowest BCUT2D eigenvalue weighted by atomic mass is 10.1. The normalized spacial score (nSPS) is 20.6. The molecule has 0 amide bonds. The van der Waals surface area contributed by atoms with Crippen molar-refractivity contribution in [1.82, 2.24) is 0 Å². The molecule has 3 nitrogen and oxygen atoms in total. The molecule has 1 aliphatic carbocycles. The number of hydrogen-bond donors (Lipinski definition) is 2. The summed E-state index contributed by atoms with van der Waals surface area (Å²) in [5.41, 5.74) is 8.53. The predicted molar refractivity (Wildman–Crippen MR) is 63.4 cm³/mol. The summed E-state index contributed by atoms with van der Waals surface area (Å²) in [7, 11) is 0. The second-order valence-electron chi connectivity index (χ2n) is 4.60. The summed E-state index contributed by atoms with van der Waals surface area (Å²) >= 11 is 0. The molecule has 0 bridgehead atoms. The first-order valence-corrected chi connectivity index (χ1v) is 5.82. The highest BCUT2D eigenvalue weighted by atomic mass is 16.5. The molecule has 1 aromatic rings. The lowest BCUT2D eigenvalue weighted by Gasteiger charge is -2.12. The van der Waals surface area contributed by atoms with Crippen LogP contribution in [0.1, 0.15) is 30.5 Å². The number of hydrogen-bond acceptors (Lipinski definition) is 3. The van der Waals surface area contributed by atoms with Gasteiger partial charge >= 0.3 is 0 Å². The number of aryl methyl sites for hydroxylation is 1. The molecular formula is C13H19NO2. The van der Waals surface area contributed by atoms with Crippen molar-refractivity contribution in [3.8, 4) is 5.75 Å². The maximum atomic E-state index is 8.91. The van der Waals surface area contributed by atoms with Crippen molar-refractivity contribution in [1.29, 1.82) is 0 Å². The highest BCUT2D eigenvalue weighted by molar-refractivity contribution is 5.40. The van der Waals surface area contributed by atoms with E-state index in [1.54, 1.807) is 0 Å². The Balaban J connectivity index is 2.02. The van der Waals surface area contributed by atoms with Gasteiger partial charge in [0.1, 0.15) is 5.75 Å². The van der Waals surface area contributed by atoms with Crippen molar-refractivity contribution in [3.05, 3.63) is 29.3 Å². The highest BCUT2D eigenvalue weighted by Crippen LogP contribution is 2.31. The molecule has 0 aliphatic heterocycles. The minimum absolute atomic E-state index is 0.163. The summed E-state index contributed by atoms with van der Waals surface area (Å²) < 4.78 is 5.62. The van der Waals surface area contributed by atoms with E-state index in [1.165, 1.54) is 11.1 Å². The minimum Gasteiger partial charge on any atom is -0.493 e. The van der Waals surface area contributed by atoms with Gasteiger partial charge in [-0.15, -0.1) is 0 Å². The Bertz CT molecular complexity index is 365. The predicted octanol–water partition coefficient (Wildman–Crippen LogP) is 1.64. The number of ether oxygens (including phenoxy) is 1. The summed E-state index contributed by atoms with van der Waals surface area (Å²) in [4.78, 5) is 0. The molecule has 0 heterocycles. The standard InChI is InChI=1S/C13H19NO2/c1-9(7-15)8-16-11-3-4-12-10(6-11)2-5-13(12)14/h3-4,6,9,13,15H,2,5,7-8,14H2,1H3. The maximum Gasteiger partial charge on any atom is 0.119 e. The fourth-order valence-electron chi connectivity index (χ4n) is 2.01. The van der Waals surface area contributed by atoms with Crippen molar-refractivity contribution < 1.29 is 9.84 Å². The second-order valence-corrected chi connectivity index (χ2v) is 4.60. The van der Waals surface area contributed by atoms with Crippen LogP contribution < -0.4 is 10.5 Å². The Labute approximate surface area is 96.2 Å². The van der Waals surface area contributed by atoms with Gasteiger partial charge in [-0.3, -0.25) is 0 Å². The smallest absolute Gasteiger partial charge is 0.119 e. The van der Waals surface area contributed by atoms with Gasteiger partial charge in [-0.25, -0.2) is 0 Å². The average molecular weight is 221 g/mol. The van der Waals surface area contributed by atoms with Crippen LogP contribution in [0.4, 0.5) is 0 Å². The van der Waals surface area contributed by atoms with Crippen LogP contribution in [-0.4, -0.2) is 18.3 Å². The zero-order chi connectivity index (χ0) is 11.5. The van der Waals surface area contributed by atoms with E-state index in [0.717, 1.165) is 18.6 Å². The number of nitrogens with two attached hydrogens (primary N) is 1. The van der Waals surface area contributed by atoms with Gasteiger partial charge in [0.25, 0.3) is 0 Å². The summed E-state index contributed by atoms with van der Waals surface area (Å²) in [6.07, 6.45) is 2.08. The first-order chi connectivity index (χ1) is 7.70. The maximum absolute atomic E-state index is 8.91. The van der Waals surface area contributed by atoms with Crippen LogP contribution in [0.25, 0.3) is 0 Å². The van der Waals surface area contributed by atoms with Crippen molar-refractivity contribution >= 4 is 0 Å². The molecule has 2 rings (SSSR count). The molecule has 88 valence electrons. The number of rotatable bonds is 4. The zero-order valence-corrected chi connectivity index (χ0v) is 9.65. The lowest BCUT2D eigenvalue weighted by Crippen LogP contribution is -2.12. The molecule has 2 atom stereocenters. The third kappa shape index (κ3) is 2.36. The van der Waals surface area contributed by atoms with Gasteiger partial charge in [-0.05, 0) is 36.1 Å². The molecule has 0 fully saturated rings. The van der Waals surface area contributed by atoms with Gasteiger partial charge in [0.05, 0.1) is 6.61 Å². The van der Waals surface area contributed by atoms with Crippen LogP contribution in [0.3, 0.4) is 0 Å². The minimum atomic E-state index is 0.163.